The largest absolute Gasteiger partial charge is 0.469 e. The van der Waals surface area contributed by atoms with Gasteiger partial charge in [-0.3, -0.25) is 9.59 Å². The van der Waals surface area contributed by atoms with Crippen molar-refractivity contribution in [3.8, 4) is 0 Å². The van der Waals surface area contributed by atoms with Crippen molar-refractivity contribution in [2.45, 2.75) is 52.1 Å². The number of carbonyl (C=O) groups excluding carboxylic acids is 2. The number of esters is 1. The summed E-state index contributed by atoms with van der Waals surface area (Å²) in [5.41, 5.74) is 1.81. The molecule has 0 aliphatic carbocycles. The van der Waals surface area contributed by atoms with Crippen LogP contribution in [0.5, 0.6) is 0 Å². The number of hydrogen-bond donors (Lipinski definition) is 1. The Kier molecular flexibility index (Phi) is 7.09. The van der Waals surface area contributed by atoms with Gasteiger partial charge in [-0.25, -0.2) is 0 Å². The van der Waals surface area contributed by atoms with E-state index in [-0.39, 0.29) is 24.2 Å². The van der Waals surface area contributed by atoms with Gasteiger partial charge in [0.15, 0.2) is 5.78 Å². The molecule has 0 fully saturated rings. The molecule has 0 saturated carbocycles. The molecule has 2 atom stereocenters. The van der Waals surface area contributed by atoms with Gasteiger partial charge in [0.2, 0.25) is 0 Å². The normalized spacial score (nSPS) is 13.5. The van der Waals surface area contributed by atoms with E-state index in [4.69, 9.17) is 0 Å². The van der Waals surface area contributed by atoms with Gasteiger partial charge in [0.25, 0.3) is 0 Å². The Labute approximate surface area is 126 Å². The minimum absolute atomic E-state index is 0.0508. The van der Waals surface area contributed by atoms with Crippen molar-refractivity contribution in [2.75, 3.05) is 7.11 Å². The van der Waals surface area contributed by atoms with E-state index in [1.54, 1.807) is 0 Å². The highest BCUT2D eigenvalue weighted by atomic mass is 16.5. The number of methoxy groups -OCH3 is 1. The van der Waals surface area contributed by atoms with Crippen molar-refractivity contribution in [2.24, 2.45) is 0 Å². The fourth-order valence-electron chi connectivity index (χ4n) is 2.04. The summed E-state index contributed by atoms with van der Waals surface area (Å²) >= 11 is 0. The van der Waals surface area contributed by atoms with Crippen LogP contribution in [0.25, 0.3) is 0 Å². The second-order valence-electron chi connectivity index (χ2n) is 5.22. The predicted molar refractivity (Wildman–Crippen MR) is 83.5 cm³/mol. The molecule has 0 saturated heterocycles. The van der Waals surface area contributed by atoms with E-state index < -0.39 is 6.04 Å². The van der Waals surface area contributed by atoms with Crippen LogP contribution >= 0.6 is 0 Å². The lowest BCUT2D eigenvalue weighted by atomic mass is 9.99. The highest BCUT2D eigenvalue weighted by Crippen LogP contribution is 2.11. The van der Waals surface area contributed by atoms with Gasteiger partial charge in [-0.1, -0.05) is 38.1 Å². The molecule has 4 heteroatoms. The smallest absolute Gasteiger partial charge is 0.307 e. The van der Waals surface area contributed by atoms with Gasteiger partial charge < -0.3 is 10.1 Å². The van der Waals surface area contributed by atoms with E-state index in [9.17, 15) is 9.59 Å². The number of carbonyl (C=O) groups is 2. The first-order valence-corrected chi connectivity index (χ1v) is 7.47. The summed E-state index contributed by atoms with van der Waals surface area (Å²) in [6.07, 6.45) is 1.88. The van der Waals surface area contributed by atoms with Gasteiger partial charge in [-0.05, 0) is 25.3 Å². The maximum Gasteiger partial charge on any atom is 0.307 e. The average Bonchev–Trinajstić information content (AvgIpc) is 2.53. The SMILES string of the molecule is CCc1ccc(C(=O)C(CC(=O)OC)NC(C)CC)cc1. The number of Topliss-reactive ketones (excluding diaryl/α,β-unsaturated/α-hetero) is 1. The molecule has 0 heterocycles. The Morgan fingerprint density at radius 2 is 1.81 bits per heavy atom. The summed E-state index contributed by atoms with van der Waals surface area (Å²) in [5, 5.41) is 3.21. The van der Waals surface area contributed by atoms with Crippen LogP contribution in [0.3, 0.4) is 0 Å². The first-order valence-electron chi connectivity index (χ1n) is 7.47. The molecule has 21 heavy (non-hydrogen) atoms. The first kappa shape index (κ1) is 17.4. The second-order valence-corrected chi connectivity index (χ2v) is 5.22. The van der Waals surface area contributed by atoms with Crippen LogP contribution in [-0.2, 0) is 16.0 Å². The zero-order valence-electron chi connectivity index (χ0n) is 13.3. The minimum atomic E-state index is -0.542. The van der Waals surface area contributed by atoms with Crippen molar-refractivity contribution < 1.29 is 14.3 Å². The number of hydrogen-bond acceptors (Lipinski definition) is 4. The van der Waals surface area contributed by atoms with Crippen molar-refractivity contribution in [1.82, 2.24) is 5.32 Å². The van der Waals surface area contributed by atoms with Crippen LogP contribution in [0.4, 0.5) is 0 Å². The third-order valence-corrected chi connectivity index (χ3v) is 3.66. The molecule has 4 nitrogen and oxygen atoms in total. The molecule has 0 amide bonds. The van der Waals surface area contributed by atoms with E-state index in [1.165, 1.54) is 12.7 Å². The van der Waals surface area contributed by atoms with Gasteiger partial charge in [0.1, 0.15) is 0 Å². The van der Waals surface area contributed by atoms with E-state index in [0.717, 1.165) is 12.8 Å². The molecule has 1 rings (SSSR count). The summed E-state index contributed by atoms with van der Waals surface area (Å²) < 4.78 is 4.69. The fraction of sp³-hybridized carbons (Fsp3) is 0.529. The highest BCUT2D eigenvalue weighted by Gasteiger charge is 2.24. The van der Waals surface area contributed by atoms with Gasteiger partial charge >= 0.3 is 5.97 Å². The molecule has 0 radical (unpaired) electrons. The van der Waals surface area contributed by atoms with E-state index in [2.05, 4.69) is 17.0 Å². The Balaban J connectivity index is 2.88. The van der Waals surface area contributed by atoms with E-state index in [0.29, 0.717) is 5.56 Å². The molecule has 1 N–H and O–H groups in total. The lowest BCUT2D eigenvalue weighted by molar-refractivity contribution is -0.141. The summed E-state index contributed by atoms with van der Waals surface area (Å²) in [4.78, 5) is 24.1. The van der Waals surface area contributed by atoms with Gasteiger partial charge in [-0.15, -0.1) is 0 Å². The lowest BCUT2D eigenvalue weighted by Crippen LogP contribution is -2.43. The standard InChI is InChI=1S/C17H25NO3/c1-5-12(3)18-15(11-16(19)21-4)17(20)14-9-7-13(6-2)8-10-14/h7-10,12,15,18H,5-6,11H2,1-4H3. The zero-order valence-corrected chi connectivity index (χ0v) is 13.3. The minimum Gasteiger partial charge on any atom is -0.469 e. The topological polar surface area (TPSA) is 55.4 Å². The molecule has 2 unspecified atom stereocenters. The molecule has 1 aromatic carbocycles. The maximum atomic E-state index is 12.6. The maximum absolute atomic E-state index is 12.6. The lowest BCUT2D eigenvalue weighted by Gasteiger charge is -2.21. The Bertz CT molecular complexity index is 467. The average molecular weight is 291 g/mol. The van der Waals surface area contributed by atoms with Crippen LogP contribution in [0, 0.1) is 0 Å². The quantitative estimate of drug-likeness (QED) is 0.591. The van der Waals surface area contributed by atoms with E-state index >= 15 is 0 Å². The summed E-state index contributed by atoms with van der Waals surface area (Å²) in [6, 6.07) is 7.17. The third-order valence-electron chi connectivity index (χ3n) is 3.66. The molecule has 0 aliphatic heterocycles. The predicted octanol–water partition coefficient (Wildman–Crippen LogP) is 2.75. The molecule has 0 spiro atoms. The number of benzene rings is 1. The number of aryl methyl sites for hydroxylation is 1. The monoisotopic (exact) mass is 291 g/mol. The molecular weight excluding hydrogens is 266 g/mol. The van der Waals surface area contributed by atoms with Gasteiger partial charge in [0.05, 0.1) is 19.6 Å². The zero-order chi connectivity index (χ0) is 15.8. The Morgan fingerprint density at radius 3 is 2.29 bits per heavy atom. The van der Waals surface area contributed by atoms with Gasteiger partial charge in [0, 0.05) is 11.6 Å². The van der Waals surface area contributed by atoms with Crippen LogP contribution in [-0.4, -0.2) is 30.9 Å². The van der Waals surface area contributed by atoms with Crippen LogP contribution < -0.4 is 5.32 Å². The first-order chi connectivity index (χ1) is 10.0. The summed E-state index contributed by atoms with van der Waals surface area (Å²) in [5.74, 6) is -0.447. The van der Waals surface area contributed by atoms with Crippen LogP contribution in [0.15, 0.2) is 24.3 Å². The third kappa shape index (κ3) is 5.31. The Morgan fingerprint density at radius 1 is 1.19 bits per heavy atom. The molecule has 0 bridgehead atoms. The second kappa shape index (κ2) is 8.57. The van der Waals surface area contributed by atoms with Crippen molar-refractivity contribution >= 4 is 11.8 Å². The highest BCUT2D eigenvalue weighted by molar-refractivity contribution is 6.01. The van der Waals surface area contributed by atoms with Crippen molar-refractivity contribution in [3.63, 3.8) is 0 Å². The number of ether oxygens (including phenoxy) is 1. The van der Waals surface area contributed by atoms with Crippen molar-refractivity contribution in [3.05, 3.63) is 35.4 Å². The summed E-state index contributed by atoms with van der Waals surface area (Å²) in [6.45, 7) is 6.10. The summed E-state index contributed by atoms with van der Waals surface area (Å²) in [7, 11) is 1.34. The number of rotatable bonds is 8. The van der Waals surface area contributed by atoms with E-state index in [1.807, 2.05) is 38.1 Å². The fourth-order valence-corrected chi connectivity index (χ4v) is 2.04. The Hall–Kier alpha value is -1.68. The number of nitrogens with one attached hydrogen (secondary N) is 1. The number of ketones is 1. The van der Waals surface area contributed by atoms with Crippen LogP contribution in [0.2, 0.25) is 0 Å². The van der Waals surface area contributed by atoms with Gasteiger partial charge in [-0.2, -0.15) is 0 Å². The molecular formula is C17H25NO3. The van der Waals surface area contributed by atoms with Crippen molar-refractivity contribution in [1.29, 1.82) is 0 Å². The molecule has 1 aromatic rings. The molecule has 0 aliphatic rings. The molecule has 0 aromatic heterocycles. The molecule has 116 valence electrons. The van der Waals surface area contributed by atoms with Crippen LogP contribution in [0.1, 0.15) is 49.5 Å².